The molecule has 2 N–H and O–H groups in total. The van der Waals surface area contributed by atoms with Gasteiger partial charge in [-0.15, -0.1) is 0 Å². The van der Waals surface area contributed by atoms with E-state index in [9.17, 15) is 8.78 Å². The van der Waals surface area contributed by atoms with E-state index in [1.54, 1.807) is 6.07 Å². The van der Waals surface area contributed by atoms with Gasteiger partial charge in [-0.05, 0) is 19.9 Å². The molecule has 0 aromatic heterocycles. The molecule has 0 spiro atoms. The van der Waals surface area contributed by atoms with Crippen LogP contribution >= 0.6 is 0 Å². The Hall–Kier alpha value is -1.36. The van der Waals surface area contributed by atoms with Gasteiger partial charge in [0.15, 0.2) is 0 Å². The third-order valence-electron chi connectivity index (χ3n) is 2.71. The first kappa shape index (κ1) is 12.1. The molecule has 3 nitrogen and oxygen atoms in total. The second-order valence-corrected chi connectivity index (χ2v) is 4.75. The van der Waals surface area contributed by atoms with E-state index in [-0.39, 0.29) is 11.8 Å². The van der Waals surface area contributed by atoms with Crippen LogP contribution in [0, 0.1) is 0 Å². The van der Waals surface area contributed by atoms with Gasteiger partial charge in [0, 0.05) is 24.1 Å². The monoisotopic (exact) mass is 243 g/mol. The van der Waals surface area contributed by atoms with E-state index in [1.165, 1.54) is 12.1 Å². The first-order valence-electron chi connectivity index (χ1n) is 5.41. The van der Waals surface area contributed by atoms with Crippen LogP contribution in [0.1, 0.15) is 31.9 Å². The van der Waals surface area contributed by atoms with Crippen molar-refractivity contribution in [1.82, 2.24) is 0 Å². The smallest absolute Gasteiger partial charge is 0.387 e. The molecule has 1 unspecified atom stereocenters. The van der Waals surface area contributed by atoms with Gasteiger partial charge in [-0.25, -0.2) is 0 Å². The molecule has 1 heterocycles. The minimum absolute atomic E-state index is 0.0867. The molecule has 2 rings (SSSR count). The van der Waals surface area contributed by atoms with Crippen LogP contribution in [0.15, 0.2) is 18.2 Å². The number of halogens is 2. The van der Waals surface area contributed by atoms with Gasteiger partial charge in [0.05, 0.1) is 0 Å². The standard InChI is InChI=1S/C12H15F2NO2/c1-12(2)6-9(15)8-4-3-7(16-11(13)14)5-10(8)17-12/h3-5,9,11H,6,15H2,1-2H3. The molecule has 1 aromatic rings. The van der Waals surface area contributed by atoms with Crippen LogP contribution in [0.3, 0.4) is 0 Å². The predicted molar refractivity (Wildman–Crippen MR) is 59.3 cm³/mol. The van der Waals surface area contributed by atoms with Crippen LogP contribution in [-0.2, 0) is 0 Å². The largest absolute Gasteiger partial charge is 0.487 e. The Balaban J connectivity index is 2.31. The predicted octanol–water partition coefficient (Wildman–Crippen LogP) is 2.85. The maximum absolute atomic E-state index is 12.1. The zero-order valence-electron chi connectivity index (χ0n) is 9.74. The van der Waals surface area contributed by atoms with Crippen molar-refractivity contribution < 1.29 is 18.3 Å². The maximum atomic E-state index is 12.1. The first-order chi connectivity index (χ1) is 7.87. The van der Waals surface area contributed by atoms with Crippen LogP contribution in [0.5, 0.6) is 11.5 Å². The van der Waals surface area contributed by atoms with Gasteiger partial charge in [-0.2, -0.15) is 8.78 Å². The van der Waals surface area contributed by atoms with Crippen molar-refractivity contribution in [1.29, 1.82) is 0 Å². The molecule has 17 heavy (non-hydrogen) atoms. The van der Waals surface area contributed by atoms with Crippen LogP contribution < -0.4 is 15.2 Å². The second-order valence-electron chi connectivity index (χ2n) is 4.75. The molecule has 1 aliphatic rings. The van der Waals surface area contributed by atoms with Crippen molar-refractivity contribution in [2.45, 2.75) is 38.5 Å². The highest BCUT2D eigenvalue weighted by Gasteiger charge is 2.32. The first-order valence-corrected chi connectivity index (χ1v) is 5.41. The van der Waals surface area contributed by atoms with E-state index in [0.29, 0.717) is 12.2 Å². The quantitative estimate of drug-likeness (QED) is 0.868. The Bertz CT molecular complexity index is 421. The summed E-state index contributed by atoms with van der Waals surface area (Å²) >= 11 is 0. The van der Waals surface area contributed by atoms with Crippen LogP contribution in [0.2, 0.25) is 0 Å². The topological polar surface area (TPSA) is 44.5 Å². The van der Waals surface area contributed by atoms with Crippen molar-refractivity contribution in [3.05, 3.63) is 23.8 Å². The van der Waals surface area contributed by atoms with Crippen LogP contribution in [0.4, 0.5) is 8.78 Å². The fourth-order valence-corrected chi connectivity index (χ4v) is 2.06. The Morgan fingerprint density at radius 3 is 2.82 bits per heavy atom. The number of hydrogen-bond donors (Lipinski definition) is 1. The Morgan fingerprint density at radius 2 is 2.18 bits per heavy atom. The van der Waals surface area contributed by atoms with Gasteiger partial charge < -0.3 is 15.2 Å². The Kier molecular flexibility index (Phi) is 2.95. The zero-order valence-corrected chi connectivity index (χ0v) is 9.74. The molecule has 0 radical (unpaired) electrons. The molecule has 0 fully saturated rings. The van der Waals surface area contributed by atoms with Gasteiger partial charge in [-0.1, -0.05) is 6.07 Å². The molecular formula is C12H15F2NO2. The van der Waals surface area contributed by atoms with Gasteiger partial charge in [0.2, 0.25) is 0 Å². The molecule has 0 amide bonds. The van der Waals surface area contributed by atoms with Crippen LogP contribution in [0.25, 0.3) is 0 Å². The highest BCUT2D eigenvalue weighted by molar-refractivity contribution is 5.44. The lowest BCUT2D eigenvalue weighted by atomic mass is 9.90. The summed E-state index contributed by atoms with van der Waals surface area (Å²) in [5, 5.41) is 0. The fraction of sp³-hybridized carbons (Fsp3) is 0.500. The lowest BCUT2D eigenvalue weighted by Crippen LogP contribution is -2.37. The SMILES string of the molecule is CC1(C)CC(N)c2ccc(OC(F)F)cc2O1. The maximum Gasteiger partial charge on any atom is 0.387 e. The highest BCUT2D eigenvalue weighted by Crippen LogP contribution is 2.40. The van der Waals surface area contributed by atoms with E-state index < -0.39 is 12.2 Å². The highest BCUT2D eigenvalue weighted by atomic mass is 19.3. The van der Waals surface area contributed by atoms with E-state index in [2.05, 4.69) is 4.74 Å². The van der Waals surface area contributed by atoms with E-state index in [0.717, 1.165) is 5.56 Å². The third kappa shape index (κ3) is 2.66. The summed E-state index contributed by atoms with van der Waals surface area (Å²) < 4.78 is 34.2. The van der Waals surface area contributed by atoms with Gasteiger partial charge >= 0.3 is 6.61 Å². The van der Waals surface area contributed by atoms with Gasteiger partial charge in [0.1, 0.15) is 17.1 Å². The van der Waals surface area contributed by atoms with E-state index in [4.69, 9.17) is 10.5 Å². The van der Waals surface area contributed by atoms with Crippen molar-refractivity contribution in [3.63, 3.8) is 0 Å². The van der Waals surface area contributed by atoms with Gasteiger partial charge in [-0.3, -0.25) is 0 Å². The lowest BCUT2D eigenvalue weighted by Gasteiger charge is -2.36. The van der Waals surface area contributed by atoms with Gasteiger partial charge in [0.25, 0.3) is 0 Å². The van der Waals surface area contributed by atoms with Crippen molar-refractivity contribution >= 4 is 0 Å². The second kappa shape index (κ2) is 4.14. The molecule has 94 valence electrons. The van der Waals surface area contributed by atoms with Crippen molar-refractivity contribution in [3.8, 4) is 11.5 Å². The molecule has 1 atom stereocenters. The summed E-state index contributed by atoms with van der Waals surface area (Å²) in [6, 6.07) is 4.47. The normalized spacial score (nSPS) is 21.9. The number of nitrogens with two attached hydrogens (primary N) is 1. The number of benzene rings is 1. The molecule has 0 saturated heterocycles. The number of ether oxygens (including phenoxy) is 2. The van der Waals surface area contributed by atoms with E-state index >= 15 is 0 Å². The van der Waals surface area contributed by atoms with Crippen molar-refractivity contribution in [2.75, 3.05) is 0 Å². The number of fused-ring (bicyclic) bond motifs is 1. The minimum Gasteiger partial charge on any atom is -0.487 e. The number of rotatable bonds is 2. The molecule has 0 saturated carbocycles. The summed E-state index contributed by atoms with van der Waals surface area (Å²) in [5.74, 6) is 0.607. The molecule has 1 aliphatic heterocycles. The summed E-state index contributed by atoms with van der Waals surface area (Å²) in [6.45, 7) is 0.991. The third-order valence-corrected chi connectivity index (χ3v) is 2.71. The zero-order chi connectivity index (χ0) is 12.6. The fourth-order valence-electron chi connectivity index (χ4n) is 2.06. The average Bonchev–Trinajstić information content (AvgIpc) is 2.13. The van der Waals surface area contributed by atoms with E-state index in [1.807, 2.05) is 13.8 Å². The average molecular weight is 243 g/mol. The minimum atomic E-state index is -2.83. The molecule has 5 heteroatoms. The number of hydrogen-bond acceptors (Lipinski definition) is 3. The summed E-state index contributed by atoms with van der Waals surface area (Å²) in [7, 11) is 0. The molecule has 0 aliphatic carbocycles. The summed E-state index contributed by atoms with van der Waals surface area (Å²) in [5.41, 5.74) is 6.44. The molecule has 1 aromatic carbocycles. The molecular weight excluding hydrogens is 228 g/mol. The van der Waals surface area contributed by atoms with Crippen LogP contribution in [-0.4, -0.2) is 12.2 Å². The van der Waals surface area contributed by atoms with Crippen molar-refractivity contribution in [2.24, 2.45) is 5.73 Å². The lowest BCUT2D eigenvalue weighted by molar-refractivity contribution is -0.0501. The number of alkyl halides is 2. The Morgan fingerprint density at radius 1 is 1.47 bits per heavy atom. The molecule has 0 bridgehead atoms. The Labute approximate surface area is 98.5 Å². The summed E-state index contributed by atoms with van der Waals surface area (Å²) in [6.07, 6.45) is 0.690. The summed E-state index contributed by atoms with van der Waals surface area (Å²) in [4.78, 5) is 0.